The Kier molecular flexibility index (Phi) is 5.84. The average molecular weight is 805 g/mol. The molecular formula is C57H37N5. The topological polar surface area (TPSA) is 48.5 Å². The van der Waals surface area contributed by atoms with E-state index < -0.39 is 95.8 Å². The fourth-order valence-electron chi connectivity index (χ4n) is 8.32. The first-order chi connectivity index (χ1) is 36.1. The van der Waals surface area contributed by atoms with Gasteiger partial charge in [0.05, 0.1) is 39.9 Å². The zero-order valence-electron chi connectivity index (χ0n) is 45.6. The molecular weight excluding hydrogens is 755 g/mol. The zero-order valence-corrected chi connectivity index (χ0v) is 32.6. The molecule has 5 heteroatoms. The molecule has 0 saturated carbocycles. The summed E-state index contributed by atoms with van der Waals surface area (Å²) in [7, 11) is 0. The predicted octanol–water partition coefficient (Wildman–Crippen LogP) is 14.4. The van der Waals surface area contributed by atoms with Gasteiger partial charge in [0.25, 0.3) is 0 Å². The molecule has 62 heavy (non-hydrogen) atoms. The highest BCUT2D eigenvalue weighted by molar-refractivity contribution is 6.19. The van der Waals surface area contributed by atoms with Crippen molar-refractivity contribution in [1.82, 2.24) is 24.1 Å². The van der Waals surface area contributed by atoms with Crippen LogP contribution in [0, 0.1) is 0 Å². The summed E-state index contributed by atoms with van der Waals surface area (Å²) in [6, 6.07) is 39.7. The summed E-state index contributed by atoms with van der Waals surface area (Å²) in [5.41, 5.74) is 6.62. The van der Waals surface area contributed by atoms with Crippen molar-refractivity contribution < 1.29 is 17.8 Å². The Hall–Kier alpha value is -8.41. The average Bonchev–Trinajstić information content (AvgIpc) is 3.95. The lowest BCUT2D eigenvalue weighted by Gasteiger charge is -2.13. The molecule has 12 aromatic rings. The Labute approximate surface area is 376 Å². The van der Waals surface area contributed by atoms with Crippen LogP contribution in [0.2, 0.25) is 0 Å². The Morgan fingerprint density at radius 3 is 1.60 bits per heavy atom. The number of hydrogen-bond acceptors (Lipinski definition) is 3. The van der Waals surface area contributed by atoms with Gasteiger partial charge in [-0.2, -0.15) is 9.97 Å². The SMILES string of the molecule is [2H]c1cc(-c2c([2H])c([2H])c([2H])c([2H])c2[2H])c([2H])c(-c2nc(-c3c([2H])c([2H])c([2H])c([2H])c3[2H])nc(-n3c4ccccc4c4cc5c6ccccc6n(-c6cccc(-c7cccc(-c8ccccc8)c7)c6)c5cc43)n2)c1[2H]. The van der Waals surface area contributed by atoms with Gasteiger partial charge in [-0.3, -0.25) is 4.57 Å². The summed E-state index contributed by atoms with van der Waals surface area (Å²) in [5, 5.41) is 3.51. The molecule has 0 spiro atoms. The molecule has 0 aliphatic carbocycles. The maximum absolute atomic E-state index is 9.57. The molecule has 0 bridgehead atoms. The monoisotopic (exact) mass is 804 g/mol. The molecule has 0 aliphatic rings. The van der Waals surface area contributed by atoms with Crippen LogP contribution < -0.4 is 0 Å². The molecule has 0 N–H and O–H groups in total. The van der Waals surface area contributed by atoms with Gasteiger partial charge < -0.3 is 4.57 Å². The molecule has 0 amide bonds. The molecule has 9 aromatic carbocycles. The molecule has 0 fully saturated rings. The van der Waals surface area contributed by atoms with Crippen molar-refractivity contribution in [1.29, 1.82) is 0 Å². The van der Waals surface area contributed by atoms with Crippen molar-refractivity contribution in [3.63, 3.8) is 0 Å². The van der Waals surface area contributed by atoms with Crippen LogP contribution in [-0.2, 0) is 0 Å². The van der Waals surface area contributed by atoms with Gasteiger partial charge in [0.15, 0.2) is 11.6 Å². The Bertz CT molecular complexity index is 4360. The highest BCUT2D eigenvalue weighted by atomic mass is 15.2. The van der Waals surface area contributed by atoms with Gasteiger partial charge in [-0.25, -0.2) is 4.98 Å². The van der Waals surface area contributed by atoms with E-state index in [2.05, 4.69) is 82.3 Å². The Morgan fingerprint density at radius 2 is 0.871 bits per heavy atom. The molecule has 0 atom stereocenters. The molecule has 0 radical (unpaired) electrons. The third-order valence-corrected chi connectivity index (χ3v) is 11.1. The second kappa shape index (κ2) is 14.7. The number of hydrogen-bond donors (Lipinski definition) is 0. The molecule has 3 aromatic heterocycles. The molecule has 0 aliphatic heterocycles. The minimum atomic E-state index is -0.666. The van der Waals surface area contributed by atoms with Crippen LogP contribution in [0.1, 0.15) is 17.8 Å². The van der Waals surface area contributed by atoms with Crippen molar-refractivity contribution in [3.8, 4) is 67.8 Å². The van der Waals surface area contributed by atoms with E-state index in [4.69, 9.17) is 25.0 Å². The summed E-state index contributed by atoms with van der Waals surface area (Å²) in [4.78, 5) is 14.4. The quantitative estimate of drug-likeness (QED) is 0.161. The van der Waals surface area contributed by atoms with Crippen LogP contribution in [0.4, 0.5) is 0 Å². The smallest absolute Gasteiger partial charge is 0.238 e. The number of aromatic nitrogens is 5. The fraction of sp³-hybridized carbons (Fsp3) is 0. The number of benzene rings is 9. The van der Waals surface area contributed by atoms with Crippen LogP contribution in [0.15, 0.2) is 224 Å². The Balaban J connectivity index is 1.15. The van der Waals surface area contributed by atoms with E-state index in [1.807, 2.05) is 66.7 Å². The van der Waals surface area contributed by atoms with Gasteiger partial charge in [-0.1, -0.05) is 176 Å². The molecule has 12 rings (SSSR count). The fourth-order valence-corrected chi connectivity index (χ4v) is 8.32. The number of fused-ring (bicyclic) bond motifs is 6. The minimum Gasteiger partial charge on any atom is -0.309 e. The molecule has 5 nitrogen and oxygen atoms in total. The van der Waals surface area contributed by atoms with Gasteiger partial charge in [-0.05, 0) is 81.9 Å². The summed E-state index contributed by atoms with van der Waals surface area (Å²) in [6.45, 7) is 0. The maximum Gasteiger partial charge on any atom is 0.238 e. The zero-order chi connectivity index (χ0) is 52.3. The van der Waals surface area contributed by atoms with E-state index >= 15 is 0 Å². The molecule has 0 unspecified atom stereocenters. The van der Waals surface area contributed by atoms with E-state index in [1.54, 1.807) is 4.57 Å². The van der Waals surface area contributed by atoms with E-state index in [0.717, 1.165) is 66.6 Å². The highest BCUT2D eigenvalue weighted by Crippen LogP contribution is 2.40. The first-order valence-electron chi connectivity index (χ1n) is 26.4. The van der Waals surface area contributed by atoms with Crippen molar-refractivity contribution in [2.45, 2.75) is 0 Å². The van der Waals surface area contributed by atoms with Crippen molar-refractivity contribution in [2.24, 2.45) is 0 Å². The van der Waals surface area contributed by atoms with Crippen LogP contribution in [-0.4, -0.2) is 24.1 Å². The van der Waals surface area contributed by atoms with E-state index in [-0.39, 0.29) is 22.6 Å². The van der Waals surface area contributed by atoms with E-state index in [1.165, 1.54) is 0 Å². The first-order valence-corrected chi connectivity index (χ1v) is 19.9. The van der Waals surface area contributed by atoms with E-state index in [9.17, 15) is 2.74 Å². The summed E-state index contributed by atoms with van der Waals surface area (Å²) >= 11 is 0. The van der Waals surface area contributed by atoms with Gasteiger partial charge >= 0.3 is 0 Å². The third kappa shape index (κ3) is 6.06. The van der Waals surface area contributed by atoms with Crippen LogP contribution in [0.25, 0.3) is 111 Å². The maximum atomic E-state index is 9.57. The number of rotatable bonds is 7. The molecule has 290 valence electrons. The van der Waals surface area contributed by atoms with Crippen molar-refractivity contribution >= 4 is 43.6 Å². The van der Waals surface area contributed by atoms with Crippen molar-refractivity contribution in [3.05, 3.63) is 224 Å². The van der Waals surface area contributed by atoms with Gasteiger partial charge in [0.1, 0.15) is 0 Å². The normalized spacial score (nSPS) is 14.5. The second-order valence-corrected chi connectivity index (χ2v) is 14.7. The van der Waals surface area contributed by atoms with Crippen LogP contribution >= 0.6 is 0 Å². The summed E-state index contributed by atoms with van der Waals surface area (Å²) in [5.74, 6) is -0.942. The van der Waals surface area contributed by atoms with Crippen molar-refractivity contribution in [2.75, 3.05) is 0 Å². The number of para-hydroxylation sites is 2. The lowest BCUT2D eigenvalue weighted by molar-refractivity contribution is 0.953. The van der Waals surface area contributed by atoms with Crippen LogP contribution in [0.5, 0.6) is 0 Å². The molecule has 3 heterocycles. The lowest BCUT2D eigenvalue weighted by Crippen LogP contribution is -2.06. The van der Waals surface area contributed by atoms with Crippen LogP contribution in [0.3, 0.4) is 0 Å². The third-order valence-electron chi connectivity index (χ3n) is 11.1. The minimum absolute atomic E-state index is 0.131. The summed E-state index contributed by atoms with van der Waals surface area (Å²) < 4.78 is 118. The van der Waals surface area contributed by atoms with E-state index in [0.29, 0.717) is 11.0 Å². The largest absolute Gasteiger partial charge is 0.309 e. The van der Waals surface area contributed by atoms with Gasteiger partial charge in [-0.15, -0.1) is 0 Å². The highest BCUT2D eigenvalue weighted by Gasteiger charge is 2.21. The predicted molar refractivity (Wildman–Crippen MR) is 256 cm³/mol. The standard InChI is InChI=1S/C57H37N5/c1-4-17-38(18-5-1)41-23-14-25-43(33-41)44-26-16-28-46(35-44)61-51-31-12-10-29-47(51)49-36-50-48-30-11-13-32-52(48)62(54(50)37-53(49)61)57-59-55(40-21-8-3-9-22-40)58-56(60-57)45-27-15-24-42(34-45)39-19-6-2-7-20-39/h1-37H/i2D,3D,6D,7D,8D,9D,15D,19D,20D,21D,22D,27D,34D. The number of nitrogens with zero attached hydrogens (tertiary/aromatic N) is 5. The van der Waals surface area contributed by atoms with Gasteiger partial charge in [0.2, 0.25) is 5.95 Å². The Morgan fingerprint density at radius 1 is 0.323 bits per heavy atom. The first kappa shape index (κ1) is 24.6. The summed E-state index contributed by atoms with van der Waals surface area (Å²) in [6.07, 6.45) is 0. The lowest BCUT2D eigenvalue weighted by atomic mass is 9.99. The molecule has 0 saturated heterocycles. The van der Waals surface area contributed by atoms with Gasteiger partial charge in [0, 0.05) is 38.4 Å². The second-order valence-electron chi connectivity index (χ2n) is 14.7.